The van der Waals surface area contributed by atoms with E-state index < -0.39 is 0 Å². The van der Waals surface area contributed by atoms with Crippen molar-refractivity contribution < 1.29 is 14.3 Å². The molecule has 8 heteroatoms. The second kappa shape index (κ2) is 10.8. The predicted molar refractivity (Wildman–Crippen MR) is 135 cm³/mol. The second-order valence-corrected chi connectivity index (χ2v) is 9.89. The standard InChI is InChI=1S/C27H31ClN4O3/c1-17-6-7-20(11-21(17)14-29)26(33)30-24-13-23(28)12-22(19(24)3)16-31-8-9-32(18(2)15-31)27(34)25-5-4-10-35-25/h6-7,11-13,18,25H,4-5,8-10,15-16H2,1-3H3,(H,30,33). The second-order valence-electron chi connectivity index (χ2n) is 9.45. The van der Waals surface area contributed by atoms with Crippen LogP contribution < -0.4 is 5.32 Å². The summed E-state index contributed by atoms with van der Waals surface area (Å²) in [6.07, 6.45) is 1.46. The zero-order valence-electron chi connectivity index (χ0n) is 20.4. The summed E-state index contributed by atoms with van der Waals surface area (Å²) in [7, 11) is 0. The fourth-order valence-electron chi connectivity index (χ4n) is 4.81. The molecule has 0 spiro atoms. The topological polar surface area (TPSA) is 85.7 Å². The number of nitriles is 1. The number of nitrogens with one attached hydrogen (secondary N) is 1. The van der Waals surface area contributed by atoms with Crippen LogP contribution in [-0.2, 0) is 16.1 Å². The van der Waals surface area contributed by atoms with Gasteiger partial charge in [0.1, 0.15) is 6.10 Å². The number of benzene rings is 2. The largest absolute Gasteiger partial charge is 0.368 e. The number of rotatable bonds is 5. The van der Waals surface area contributed by atoms with Crippen molar-refractivity contribution in [3.8, 4) is 6.07 Å². The molecule has 0 radical (unpaired) electrons. The van der Waals surface area contributed by atoms with Crippen LogP contribution in [-0.4, -0.2) is 60.0 Å². The van der Waals surface area contributed by atoms with Gasteiger partial charge in [0.15, 0.2) is 0 Å². The van der Waals surface area contributed by atoms with E-state index in [9.17, 15) is 14.9 Å². The van der Waals surface area contributed by atoms with Gasteiger partial charge in [0.2, 0.25) is 0 Å². The minimum atomic E-state index is -0.289. The van der Waals surface area contributed by atoms with Crippen LogP contribution >= 0.6 is 11.6 Å². The highest BCUT2D eigenvalue weighted by Crippen LogP contribution is 2.28. The van der Waals surface area contributed by atoms with E-state index in [2.05, 4.69) is 23.2 Å². The van der Waals surface area contributed by atoms with Gasteiger partial charge in [0, 0.05) is 55.1 Å². The Morgan fingerprint density at radius 3 is 2.71 bits per heavy atom. The number of ether oxygens (including phenoxy) is 1. The van der Waals surface area contributed by atoms with Gasteiger partial charge in [-0.15, -0.1) is 0 Å². The molecule has 4 rings (SSSR count). The van der Waals surface area contributed by atoms with E-state index >= 15 is 0 Å². The molecule has 0 aromatic heterocycles. The highest BCUT2D eigenvalue weighted by molar-refractivity contribution is 6.31. The molecule has 2 fully saturated rings. The maximum Gasteiger partial charge on any atom is 0.255 e. The van der Waals surface area contributed by atoms with Gasteiger partial charge in [-0.2, -0.15) is 5.26 Å². The molecule has 2 aromatic carbocycles. The van der Waals surface area contributed by atoms with Crippen molar-refractivity contribution >= 4 is 29.1 Å². The van der Waals surface area contributed by atoms with Gasteiger partial charge in [-0.1, -0.05) is 17.7 Å². The number of piperazine rings is 1. The number of hydrogen-bond donors (Lipinski definition) is 1. The lowest BCUT2D eigenvalue weighted by atomic mass is 10.0. The van der Waals surface area contributed by atoms with E-state index in [4.69, 9.17) is 16.3 Å². The number of nitrogens with zero attached hydrogens (tertiary/aromatic N) is 3. The van der Waals surface area contributed by atoms with E-state index in [1.54, 1.807) is 24.3 Å². The molecule has 2 aromatic rings. The van der Waals surface area contributed by atoms with Crippen LogP contribution in [0.2, 0.25) is 5.02 Å². The van der Waals surface area contributed by atoms with Gasteiger partial charge >= 0.3 is 0 Å². The Labute approximate surface area is 211 Å². The van der Waals surface area contributed by atoms with Crippen molar-refractivity contribution in [3.05, 3.63) is 63.2 Å². The van der Waals surface area contributed by atoms with Gasteiger partial charge in [-0.05, 0) is 74.6 Å². The smallest absolute Gasteiger partial charge is 0.255 e. The Morgan fingerprint density at radius 1 is 1.23 bits per heavy atom. The Balaban J connectivity index is 1.44. The number of carbonyl (C=O) groups excluding carboxylic acids is 2. The van der Waals surface area contributed by atoms with Gasteiger partial charge in [-0.3, -0.25) is 14.5 Å². The normalized spacial score (nSPS) is 20.5. The molecular formula is C27H31ClN4O3. The average Bonchev–Trinajstić information content (AvgIpc) is 3.37. The summed E-state index contributed by atoms with van der Waals surface area (Å²) in [5.41, 5.74) is 4.36. The quantitative estimate of drug-likeness (QED) is 0.670. The number of carbonyl (C=O) groups is 2. The minimum absolute atomic E-state index is 0.0926. The van der Waals surface area contributed by atoms with Gasteiger partial charge in [0.25, 0.3) is 11.8 Å². The molecule has 0 saturated carbocycles. The van der Waals surface area contributed by atoms with E-state index in [0.717, 1.165) is 42.6 Å². The lowest BCUT2D eigenvalue weighted by molar-refractivity contribution is -0.145. The highest BCUT2D eigenvalue weighted by atomic mass is 35.5. The molecule has 7 nitrogen and oxygen atoms in total. The minimum Gasteiger partial charge on any atom is -0.368 e. The summed E-state index contributed by atoms with van der Waals surface area (Å²) >= 11 is 6.42. The lowest BCUT2D eigenvalue weighted by Crippen LogP contribution is -2.55. The first-order valence-corrected chi connectivity index (χ1v) is 12.4. The Morgan fingerprint density at radius 2 is 2.03 bits per heavy atom. The van der Waals surface area contributed by atoms with E-state index in [1.165, 1.54) is 0 Å². The van der Waals surface area contributed by atoms with Gasteiger partial charge < -0.3 is 15.0 Å². The molecule has 0 bridgehead atoms. The molecule has 2 amide bonds. The fraction of sp³-hybridized carbons (Fsp3) is 0.444. The zero-order chi connectivity index (χ0) is 25.1. The monoisotopic (exact) mass is 494 g/mol. The van der Waals surface area contributed by atoms with Crippen molar-refractivity contribution in [1.29, 1.82) is 5.26 Å². The Kier molecular flexibility index (Phi) is 7.75. The van der Waals surface area contributed by atoms with Crippen LogP contribution in [0.25, 0.3) is 0 Å². The Bertz CT molecular complexity index is 1170. The molecule has 2 saturated heterocycles. The third-order valence-electron chi connectivity index (χ3n) is 6.94. The molecule has 2 atom stereocenters. The third-order valence-corrected chi connectivity index (χ3v) is 7.16. The first kappa shape index (κ1) is 25.2. The van der Waals surface area contributed by atoms with Crippen molar-refractivity contribution in [1.82, 2.24) is 9.80 Å². The lowest BCUT2D eigenvalue weighted by Gasteiger charge is -2.41. The number of amides is 2. The van der Waals surface area contributed by atoms with Gasteiger partial charge in [-0.25, -0.2) is 0 Å². The number of hydrogen-bond acceptors (Lipinski definition) is 5. The van der Waals surface area contributed by atoms with Crippen LogP contribution in [0, 0.1) is 25.2 Å². The average molecular weight is 495 g/mol. The van der Waals surface area contributed by atoms with Crippen molar-refractivity contribution in [2.75, 3.05) is 31.6 Å². The molecule has 2 heterocycles. The molecule has 35 heavy (non-hydrogen) atoms. The molecule has 184 valence electrons. The number of anilines is 1. The molecule has 2 aliphatic heterocycles. The van der Waals surface area contributed by atoms with Crippen molar-refractivity contribution in [2.45, 2.75) is 52.3 Å². The van der Waals surface area contributed by atoms with Crippen LogP contribution in [0.5, 0.6) is 0 Å². The predicted octanol–water partition coefficient (Wildman–Crippen LogP) is 4.29. The third kappa shape index (κ3) is 5.67. The molecule has 2 unspecified atom stereocenters. The first-order valence-electron chi connectivity index (χ1n) is 12.0. The summed E-state index contributed by atoms with van der Waals surface area (Å²) in [4.78, 5) is 30.0. The van der Waals surface area contributed by atoms with E-state index in [-0.39, 0.29) is 24.0 Å². The number of halogens is 1. The fourth-order valence-corrected chi connectivity index (χ4v) is 5.05. The van der Waals surface area contributed by atoms with Crippen LogP contribution in [0.1, 0.15) is 52.4 Å². The SMILES string of the molecule is Cc1ccc(C(=O)Nc2cc(Cl)cc(CN3CCN(C(=O)C4CCCO4)C(C)C3)c2C)cc1C#N. The highest BCUT2D eigenvalue weighted by Gasteiger charge is 2.34. The molecule has 0 aliphatic carbocycles. The maximum absolute atomic E-state index is 12.9. The van der Waals surface area contributed by atoms with Gasteiger partial charge in [0.05, 0.1) is 11.6 Å². The first-order chi connectivity index (χ1) is 16.8. The Hall–Kier alpha value is -2.92. The van der Waals surface area contributed by atoms with Crippen molar-refractivity contribution in [3.63, 3.8) is 0 Å². The molecule has 1 N–H and O–H groups in total. The summed E-state index contributed by atoms with van der Waals surface area (Å²) < 4.78 is 5.59. The maximum atomic E-state index is 12.9. The molecule has 2 aliphatic rings. The zero-order valence-corrected chi connectivity index (χ0v) is 21.2. The summed E-state index contributed by atoms with van der Waals surface area (Å²) in [6, 6.07) is 11.0. The summed E-state index contributed by atoms with van der Waals surface area (Å²) in [6.45, 7) is 9.41. The van der Waals surface area contributed by atoms with E-state index in [1.807, 2.05) is 24.8 Å². The van der Waals surface area contributed by atoms with E-state index in [0.29, 0.717) is 41.5 Å². The van der Waals surface area contributed by atoms with Crippen LogP contribution in [0.4, 0.5) is 5.69 Å². The number of aryl methyl sites for hydroxylation is 1. The molecular weight excluding hydrogens is 464 g/mol. The van der Waals surface area contributed by atoms with Crippen LogP contribution in [0.3, 0.4) is 0 Å². The van der Waals surface area contributed by atoms with Crippen molar-refractivity contribution in [2.24, 2.45) is 0 Å². The summed E-state index contributed by atoms with van der Waals surface area (Å²) in [5.74, 6) is -0.179. The van der Waals surface area contributed by atoms with Crippen LogP contribution in [0.15, 0.2) is 30.3 Å². The summed E-state index contributed by atoms with van der Waals surface area (Å²) in [5, 5.41) is 12.8.